The van der Waals surface area contributed by atoms with E-state index < -0.39 is 21.4 Å². The van der Waals surface area contributed by atoms with E-state index in [1.165, 1.54) is 27.0 Å². The molecule has 5 nitrogen and oxygen atoms in total. The first-order valence-electron chi connectivity index (χ1n) is 5.65. The smallest absolute Gasteiger partial charge is 0.240 e. The molecule has 0 fully saturated rings. The minimum absolute atomic E-state index is 0.00206. The molecule has 1 atom stereocenters. The molecule has 1 aromatic rings. The van der Waals surface area contributed by atoms with E-state index >= 15 is 0 Å². The summed E-state index contributed by atoms with van der Waals surface area (Å²) in [6.07, 6.45) is 0. The molecule has 1 aromatic carbocycles. The maximum Gasteiger partial charge on any atom is 0.240 e. The SMILES string of the molecule is COC[C@](C)(O)CNS(=O)(=O)c1ccc(F)cc1C. The maximum absolute atomic E-state index is 12.9. The van der Waals surface area contributed by atoms with Gasteiger partial charge in [-0.3, -0.25) is 0 Å². The Hall–Kier alpha value is -1.02. The summed E-state index contributed by atoms with van der Waals surface area (Å²) in [5.41, 5.74) is -1.01. The Labute approximate surface area is 112 Å². The van der Waals surface area contributed by atoms with Gasteiger partial charge in [0.2, 0.25) is 10.0 Å². The topological polar surface area (TPSA) is 75.6 Å². The van der Waals surface area contributed by atoms with E-state index in [1.54, 1.807) is 0 Å². The van der Waals surface area contributed by atoms with E-state index in [0.717, 1.165) is 12.1 Å². The van der Waals surface area contributed by atoms with Gasteiger partial charge in [0.1, 0.15) is 5.82 Å². The third-order valence-electron chi connectivity index (χ3n) is 2.52. The van der Waals surface area contributed by atoms with Crippen LogP contribution in [-0.2, 0) is 14.8 Å². The van der Waals surface area contributed by atoms with E-state index in [0.29, 0.717) is 5.56 Å². The molecule has 0 aromatic heterocycles. The van der Waals surface area contributed by atoms with Crippen molar-refractivity contribution in [3.8, 4) is 0 Å². The number of aryl methyl sites for hydroxylation is 1. The molecule has 0 saturated heterocycles. The second-order valence-corrected chi connectivity index (χ2v) is 6.40. The molecule has 108 valence electrons. The van der Waals surface area contributed by atoms with Crippen LogP contribution in [0.15, 0.2) is 23.1 Å². The zero-order valence-electron chi connectivity index (χ0n) is 11.1. The molecule has 0 heterocycles. The minimum atomic E-state index is -3.79. The number of sulfonamides is 1. The van der Waals surface area contributed by atoms with Crippen LogP contribution in [0.5, 0.6) is 0 Å². The molecule has 19 heavy (non-hydrogen) atoms. The zero-order valence-corrected chi connectivity index (χ0v) is 11.9. The van der Waals surface area contributed by atoms with Gasteiger partial charge in [0.15, 0.2) is 0 Å². The van der Waals surface area contributed by atoms with Crippen LogP contribution in [0.1, 0.15) is 12.5 Å². The molecule has 2 N–H and O–H groups in total. The van der Waals surface area contributed by atoms with E-state index in [-0.39, 0.29) is 18.0 Å². The molecule has 0 saturated carbocycles. The quantitative estimate of drug-likeness (QED) is 0.813. The van der Waals surface area contributed by atoms with Crippen molar-refractivity contribution in [2.24, 2.45) is 0 Å². The van der Waals surface area contributed by atoms with Gasteiger partial charge in [-0.2, -0.15) is 0 Å². The summed E-state index contributed by atoms with van der Waals surface area (Å²) in [6, 6.07) is 3.41. The summed E-state index contributed by atoms with van der Waals surface area (Å²) in [5.74, 6) is -0.497. The molecule has 0 amide bonds. The number of nitrogens with one attached hydrogen (secondary N) is 1. The number of benzene rings is 1. The number of halogens is 1. The number of rotatable bonds is 6. The predicted octanol–water partition coefficient (Wildman–Crippen LogP) is 0.810. The third-order valence-corrected chi connectivity index (χ3v) is 4.09. The highest BCUT2D eigenvalue weighted by Gasteiger charge is 2.25. The molecule has 0 radical (unpaired) electrons. The molecule has 0 spiro atoms. The Morgan fingerprint density at radius 2 is 2.11 bits per heavy atom. The molecule has 0 bridgehead atoms. The largest absolute Gasteiger partial charge is 0.386 e. The lowest BCUT2D eigenvalue weighted by molar-refractivity contribution is -0.0119. The van der Waals surface area contributed by atoms with Gasteiger partial charge in [-0.15, -0.1) is 0 Å². The van der Waals surface area contributed by atoms with Crippen LogP contribution in [0.2, 0.25) is 0 Å². The molecule has 0 aliphatic heterocycles. The molecule has 7 heteroatoms. The summed E-state index contributed by atoms with van der Waals surface area (Å²) in [5, 5.41) is 9.83. The summed E-state index contributed by atoms with van der Waals surface area (Å²) < 4.78 is 44.1. The van der Waals surface area contributed by atoms with Crippen molar-refractivity contribution in [2.45, 2.75) is 24.3 Å². The van der Waals surface area contributed by atoms with E-state index in [2.05, 4.69) is 4.72 Å². The van der Waals surface area contributed by atoms with Crippen molar-refractivity contribution in [3.05, 3.63) is 29.6 Å². The van der Waals surface area contributed by atoms with Gasteiger partial charge >= 0.3 is 0 Å². The van der Waals surface area contributed by atoms with Gasteiger partial charge in [0, 0.05) is 13.7 Å². The van der Waals surface area contributed by atoms with E-state index in [1.807, 2.05) is 0 Å². The second kappa shape index (κ2) is 5.96. The highest BCUT2D eigenvalue weighted by atomic mass is 32.2. The lowest BCUT2D eigenvalue weighted by Crippen LogP contribution is -2.43. The fourth-order valence-electron chi connectivity index (χ4n) is 1.60. The van der Waals surface area contributed by atoms with Crippen LogP contribution in [-0.4, -0.2) is 39.4 Å². The highest BCUT2D eigenvalue weighted by Crippen LogP contribution is 2.16. The number of aliphatic hydroxyl groups is 1. The fourth-order valence-corrected chi connectivity index (χ4v) is 2.99. The van der Waals surface area contributed by atoms with Gasteiger partial charge < -0.3 is 9.84 Å². The molecule has 0 aliphatic rings. The minimum Gasteiger partial charge on any atom is -0.386 e. The Morgan fingerprint density at radius 3 is 2.63 bits per heavy atom. The van der Waals surface area contributed by atoms with Crippen LogP contribution in [0.25, 0.3) is 0 Å². The van der Waals surface area contributed by atoms with Gasteiger partial charge in [-0.25, -0.2) is 17.5 Å². The lowest BCUT2D eigenvalue weighted by Gasteiger charge is -2.22. The van der Waals surface area contributed by atoms with Gasteiger partial charge in [0.25, 0.3) is 0 Å². The Morgan fingerprint density at radius 1 is 1.47 bits per heavy atom. The average Bonchev–Trinajstić information content (AvgIpc) is 2.26. The lowest BCUT2D eigenvalue weighted by atomic mass is 10.1. The third kappa shape index (κ3) is 4.54. The molecule has 0 aliphatic carbocycles. The van der Waals surface area contributed by atoms with Crippen molar-refractivity contribution in [1.29, 1.82) is 0 Å². The summed E-state index contributed by atoms with van der Waals surface area (Å²) in [4.78, 5) is -0.0119. The van der Waals surface area contributed by atoms with Gasteiger partial charge in [0.05, 0.1) is 17.1 Å². The second-order valence-electron chi connectivity index (χ2n) is 4.66. The molecular formula is C12H18FNO4S. The van der Waals surface area contributed by atoms with Crippen LogP contribution in [0.4, 0.5) is 4.39 Å². The van der Waals surface area contributed by atoms with Crippen molar-refractivity contribution >= 4 is 10.0 Å². The molecule has 0 unspecified atom stereocenters. The van der Waals surface area contributed by atoms with E-state index in [4.69, 9.17) is 4.74 Å². The molecule has 1 rings (SSSR count). The van der Waals surface area contributed by atoms with Crippen LogP contribution >= 0.6 is 0 Å². The Balaban J connectivity index is 2.87. The average molecular weight is 291 g/mol. The van der Waals surface area contributed by atoms with Gasteiger partial charge in [-0.05, 0) is 37.6 Å². The summed E-state index contributed by atoms with van der Waals surface area (Å²) in [7, 11) is -2.38. The fraction of sp³-hybridized carbons (Fsp3) is 0.500. The summed E-state index contributed by atoms with van der Waals surface area (Å²) >= 11 is 0. The van der Waals surface area contributed by atoms with Crippen molar-refractivity contribution in [1.82, 2.24) is 4.72 Å². The first-order chi connectivity index (χ1) is 8.68. The zero-order chi connectivity index (χ0) is 14.7. The summed E-state index contributed by atoms with van der Waals surface area (Å²) in [6.45, 7) is 2.76. The standard InChI is InChI=1S/C12H18FNO4S/c1-9-6-10(13)4-5-11(9)19(16,17)14-7-12(2,15)8-18-3/h4-6,14-15H,7-8H2,1-3H3/t12-/m1/s1. The maximum atomic E-state index is 12.9. The van der Waals surface area contributed by atoms with Crippen molar-refractivity contribution in [2.75, 3.05) is 20.3 Å². The number of hydrogen-bond acceptors (Lipinski definition) is 4. The number of hydrogen-bond donors (Lipinski definition) is 2. The van der Waals surface area contributed by atoms with E-state index in [9.17, 15) is 17.9 Å². The van der Waals surface area contributed by atoms with Crippen molar-refractivity contribution in [3.63, 3.8) is 0 Å². The molecular weight excluding hydrogens is 273 g/mol. The number of ether oxygens (including phenoxy) is 1. The predicted molar refractivity (Wildman–Crippen MR) is 68.8 cm³/mol. The first-order valence-corrected chi connectivity index (χ1v) is 7.13. The number of methoxy groups -OCH3 is 1. The Kier molecular flexibility index (Phi) is 5.03. The van der Waals surface area contributed by atoms with Gasteiger partial charge in [-0.1, -0.05) is 0 Å². The monoisotopic (exact) mass is 291 g/mol. The first kappa shape index (κ1) is 16.0. The Bertz CT molecular complexity index is 543. The highest BCUT2D eigenvalue weighted by molar-refractivity contribution is 7.89. The normalized spacial score (nSPS) is 15.2. The van der Waals surface area contributed by atoms with Crippen LogP contribution in [0, 0.1) is 12.7 Å². The van der Waals surface area contributed by atoms with Crippen molar-refractivity contribution < 1.29 is 22.7 Å². The van der Waals surface area contributed by atoms with Crippen LogP contribution < -0.4 is 4.72 Å². The van der Waals surface area contributed by atoms with Crippen LogP contribution in [0.3, 0.4) is 0 Å².